The SMILES string of the molecule is [Cl][Pb]([Cl])([Cl])[Cl].[Cs+].[H-]. The van der Waals surface area contributed by atoms with Gasteiger partial charge in [-0.05, 0) is 0 Å². The molecule has 0 radical (unpaired) electrons. The number of halogens is 4. The molecule has 0 atom stereocenters. The Labute approximate surface area is 116 Å². The molecule has 0 fully saturated rings. The van der Waals surface area contributed by atoms with E-state index in [2.05, 4.69) is 0 Å². The van der Waals surface area contributed by atoms with Gasteiger partial charge in [-0.15, -0.1) is 0 Å². The van der Waals surface area contributed by atoms with Gasteiger partial charge in [0.2, 0.25) is 0 Å². The second-order valence-electron chi connectivity index (χ2n) is 0.429. The summed E-state index contributed by atoms with van der Waals surface area (Å²) in [6.45, 7) is 0. The van der Waals surface area contributed by atoms with Crippen molar-refractivity contribution in [3.63, 3.8) is 0 Å². The molecule has 6 heavy (non-hydrogen) atoms. The van der Waals surface area contributed by atoms with E-state index >= 15 is 0 Å². The average Bonchev–Trinajstić information content (AvgIpc) is 0.722. The molecule has 0 aliphatic heterocycles. The largest absolute Gasteiger partial charge is 1.00 e. The Kier molecular flexibility index (Phi) is 12.5. The summed E-state index contributed by atoms with van der Waals surface area (Å²) < 4.78 is 0. The van der Waals surface area contributed by atoms with Crippen LogP contribution in [0.15, 0.2) is 0 Å². The molecule has 34 valence electrons. The molecule has 0 spiro atoms. The third kappa shape index (κ3) is 24.2. The molecule has 0 nitrogen and oxygen atoms in total. The fraction of sp³-hybridized carbons (Fsp3) is 0. The third-order valence-electron chi connectivity index (χ3n) is 0. The van der Waals surface area contributed by atoms with Crippen LogP contribution in [-0.4, -0.2) is 16.3 Å². The topological polar surface area (TPSA) is 0 Å². The fourth-order valence-electron chi connectivity index (χ4n) is 0. The minimum Gasteiger partial charge on any atom is -1.00 e. The minimum atomic E-state index is -3.39. The summed E-state index contributed by atoms with van der Waals surface area (Å²) in [5.41, 5.74) is 0. The van der Waals surface area contributed by atoms with Crippen molar-refractivity contribution in [3.8, 4) is 0 Å². The Morgan fingerprint density at radius 2 is 1.00 bits per heavy atom. The molecule has 0 amide bonds. The molecule has 0 heterocycles. The van der Waals surface area contributed by atoms with Crippen molar-refractivity contribution in [2.24, 2.45) is 0 Å². The van der Waals surface area contributed by atoms with E-state index in [1.807, 2.05) is 0 Å². The van der Waals surface area contributed by atoms with Crippen molar-refractivity contribution in [2.75, 3.05) is 0 Å². The molecule has 0 unspecified atom stereocenters. The van der Waals surface area contributed by atoms with Crippen molar-refractivity contribution in [1.29, 1.82) is 0 Å². The van der Waals surface area contributed by atoms with Crippen molar-refractivity contribution in [3.05, 3.63) is 0 Å². The van der Waals surface area contributed by atoms with E-state index < -0.39 is 16.3 Å². The summed E-state index contributed by atoms with van der Waals surface area (Å²) >= 11 is -3.39. The maximum absolute atomic E-state index is 5.05. The molecule has 6 heteroatoms. The monoisotopic (exact) mass is 482 g/mol. The maximum atomic E-state index is 5.05. The number of hydrogen-bond acceptors (Lipinski definition) is 0. The van der Waals surface area contributed by atoms with Crippen LogP contribution in [0, 0.1) is 0 Å². The van der Waals surface area contributed by atoms with Crippen molar-refractivity contribution < 1.29 is 70.3 Å². The summed E-state index contributed by atoms with van der Waals surface area (Å²) in [4.78, 5) is 0. The summed E-state index contributed by atoms with van der Waals surface area (Å²) in [7, 11) is 20.2. The normalized spacial score (nSPS) is 10.0. The van der Waals surface area contributed by atoms with E-state index in [0.29, 0.717) is 0 Å². The van der Waals surface area contributed by atoms with Gasteiger partial charge in [-0.2, -0.15) is 0 Å². The Hall–Kier alpha value is 4.13. The fourth-order valence-corrected chi connectivity index (χ4v) is 0. The molecule has 0 rings (SSSR count). The van der Waals surface area contributed by atoms with Gasteiger partial charge in [-0.3, -0.25) is 0 Å². The van der Waals surface area contributed by atoms with Crippen LogP contribution in [0.1, 0.15) is 1.43 Å². The Morgan fingerprint density at radius 3 is 1.00 bits per heavy atom. The van der Waals surface area contributed by atoms with E-state index in [-0.39, 0.29) is 70.3 Å². The van der Waals surface area contributed by atoms with E-state index in [1.54, 1.807) is 0 Å². The zero-order valence-corrected chi connectivity index (χ0v) is 16.2. The van der Waals surface area contributed by atoms with E-state index in [1.165, 1.54) is 0 Å². The third-order valence-corrected chi connectivity index (χ3v) is 0. The van der Waals surface area contributed by atoms with Gasteiger partial charge in [-0.1, -0.05) is 0 Å². The smallest absolute Gasteiger partial charge is 1.00 e. The summed E-state index contributed by atoms with van der Waals surface area (Å²) in [5, 5.41) is 0. The van der Waals surface area contributed by atoms with Crippen LogP contribution in [-0.2, 0) is 0 Å². The second-order valence-corrected chi connectivity index (χ2v) is 33.8. The number of hydrogen-bond donors (Lipinski definition) is 0. The average molecular weight is 483 g/mol. The molecule has 0 bridgehead atoms. The predicted octanol–water partition coefficient (Wildman–Crippen LogP) is -0.506. The Bertz CT molecular complexity index is 27.2. The molecule has 0 aromatic heterocycles. The molecular weight excluding hydrogens is 482 g/mol. The van der Waals surface area contributed by atoms with Gasteiger partial charge >= 0.3 is 118 Å². The Morgan fingerprint density at radius 1 is 1.00 bits per heavy atom. The molecule has 0 aliphatic carbocycles. The first-order valence-electron chi connectivity index (χ1n) is 0.756. The minimum absolute atomic E-state index is 0. The van der Waals surface area contributed by atoms with E-state index in [0.717, 1.165) is 0 Å². The summed E-state index contributed by atoms with van der Waals surface area (Å²) in [5.74, 6) is 0. The Balaban J connectivity index is -0.0000000800. The van der Waals surface area contributed by atoms with Gasteiger partial charge < -0.3 is 1.43 Å². The molecule has 0 aromatic rings. The van der Waals surface area contributed by atoms with Gasteiger partial charge in [0.1, 0.15) is 0 Å². The molecule has 0 aliphatic rings. The van der Waals surface area contributed by atoms with Gasteiger partial charge in [0.15, 0.2) is 0 Å². The zero-order valence-electron chi connectivity index (χ0n) is 4.01. The zero-order chi connectivity index (χ0) is 4.50. The first-order chi connectivity index (χ1) is 2.00. The van der Waals surface area contributed by atoms with Gasteiger partial charge in [0.05, 0.1) is 0 Å². The van der Waals surface area contributed by atoms with Crippen LogP contribution in [0.3, 0.4) is 0 Å². The first kappa shape index (κ1) is 12.8. The molecule has 0 saturated carbocycles. The van der Waals surface area contributed by atoms with Crippen LogP contribution in [0.4, 0.5) is 0 Å². The van der Waals surface area contributed by atoms with Crippen molar-refractivity contribution in [2.45, 2.75) is 0 Å². The predicted molar refractivity (Wildman–Crippen MR) is 30.3 cm³/mol. The van der Waals surface area contributed by atoms with Crippen molar-refractivity contribution in [1.82, 2.24) is 0 Å². The van der Waals surface area contributed by atoms with E-state index in [9.17, 15) is 0 Å². The molecule has 0 aromatic carbocycles. The second kappa shape index (κ2) is 5.88. The van der Waals surface area contributed by atoms with Crippen LogP contribution >= 0.6 is 33.3 Å². The van der Waals surface area contributed by atoms with Crippen LogP contribution < -0.4 is 68.9 Å². The van der Waals surface area contributed by atoms with Crippen LogP contribution in [0.2, 0.25) is 0 Å². The van der Waals surface area contributed by atoms with Crippen LogP contribution in [0.5, 0.6) is 0 Å². The molecular formula is HCl4CsPb. The molecule has 0 N–H and O–H groups in total. The summed E-state index contributed by atoms with van der Waals surface area (Å²) in [6.07, 6.45) is 0. The number of rotatable bonds is 0. The maximum Gasteiger partial charge on any atom is 1.00 e. The van der Waals surface area contributed by atoms with E-state index in [4.69, 9.17) is 33.3 Å². The quantitative estimate of drug-likeness (QED) is 0.408. The molecule has 0 saturated heterocycles. The van der Waals surface area contributed by atoms with Gasteiger partial charge in [0, 0.05) is 0 Å². The summed E-state index contributed by atoms with van der Waals surface area (Å²) in [6, 6.07) is 0. The van der Waals surface area contributed by atoms with Gasteiger partial charge in [-0.25, -0.2) is 0 Å². The van der Waals surface area contributed by atoms with Crippen LogP contribution in [0.25, 0.3) is 0 Å². The van der Waals surface area contributed by atoms with Gasteiger partial charge in [0.25, 0.3) is 0 Å². The standard InChI is InChI=1S/4ClH.Cs.Pb.H/h4*1H;;;/q;;;;+1;+4;-1/p-4. The van der Waals surface area contributed by atoms with Crippen molar-refractivity contribution >= 4 is 49.5 Å². The first-order valence-corrected chi connectivity index (χ1v) is 19.9.